The van der Waals surface area contributed by atoms with Crippen molar-refractivity contribution in [3.05, 3.63) is 65.5 Å². The van der Waals surface area contributed by atoms with Crippen molar-refractivity contribution in [2.45, 2.75) is 13.8 Å². The minimum Gasteiger partial charge on any atom is -0.876 e. The van der Waals surface area contributed by atoms with Gasteiger partial charge in [-0.3, -0.25) is 4.79 Å². The number of pyridine rings is 1. The van der Waals surface area contributed by atoms with Crippen LogP contribution in [0.25, 0.3) is 11.3 Å². The summed E-state index contributed by atoms with van der Waals surface area (Å²) >= 11 is 5.75. The van der Waals surface area contributed by atoms with Crippen molar-refractivity contribution in [2.75, 3.05) is 0 Å². The molecule has 0 radical (unpaired) electrons. The molecule has 2 aromatic rings. The van der Waals surface area contributed by atoms with Crippen molar-refractivity contribution >= 4 is 17.4 Å². The monoisotopic (exact) mass is 482 g/mol. The van der Waals surface area contributed by atoms with Crippen LogP contribution in [-0.2, 0) is 25.9 Å². The maximum atomic E-state index is 9.98. The quantitative estimate of drug-likeness (QED) is 0.376. The van der Waals surface area contributed by atoms with Crippen molar-refractivity contribution in [1.82, 2.24) is 4.98 Å². The fraction of sp³-hybridized carbons (Fsp3) is 0.125. The second kappa shape index (κ2) is 10.3. The summed E-state index contributed by atoms with van der Waals surface area (Å²) in [5.74, 6) is -0.375. The van der Waals surface area contributed by atoms with Gasteiger partial charge in [-0.15, -0.1) is 47.2 Å². The van der Waals surface area contributed by atoms with Crippen LogP contribution < -0.4 is 5.11 Å². The molecule has 0 aliphatic carbocycles. The van der Waals surface area contributed by atoms with Gasteiger partial charge < -0.3 is 10.1 Å². The number of halogens is 1. The molecule has 3 nitrogen and oxygen atoms in total. The van der Waals surface area contributed by atoms with Crippen LogP contribution in [-0.4, -0.2) is 10.8 Å². The summed E-state index contributed by atoms with van der Waals surface area (Å²) in [4.78, 5) is 14.2. The third-order valence-electron chi connectivity index (χ3n) is 2.12. The summed E-state index contributed by atoms with van der Waals surface area (Å²) in [5, 5.41) is 10.7. The Hall–Kier alpha value is -1.44. The van der Waals surface area contributed by atoms with Crippen LogP contribution in [0.15, 0.2) is 54.4 Å². The number of hydrogen-bond donors (Lipinski definition) is 0. The third-order valence-corrected chi connectivity index (χ3v) is 2.36. The molecule has 0 aliphatic rings. The van der Waals surface area contributed by atoms with Gasteiger partial charge in [0.2, 0.25) is 0 Å². The number of aromatic nitrogens is 1. The topological polar surface area (TPSA) is 53.0 Å². The van der Waals surface area contributed by atoms with Crippen LogP contribution in [0.1, 0.15) is 13.8 Å². The predicted molar refractivity (Wildman–Crippen MR) is 78.0 cm³/mol. The molecule has 0 atom stereocenters. The predicted octanol–water partition coefficient (Wildman–Crippen LogP) is 3.04. The van der Waals surface area contributed by atoms with Crippen molar-refractivity contribution < 1.29 is 31.0 Å². The number of carbonyl (C=O) groups is 1. The van der Waals surface area contributed by atoms with Gasteiger partial charge in [0.15, 0.2) is 5.78 Å². The first-order chi connectivity index (χ1) is 9.49. The maximum Gasteiger partial charge on any atom is 2.00 e. The standard InChI is InChI=1S/C11H7ClN.C5H8O2.Pt/c12-10-6-4-9(5-7-10)11-3-1-2-8-13-11;1-4(6)3-5(2)7;/h1-4,6-8H;3,6H,1-2H3;/q-1;;+2/p-1/b;4-3-;. The molecule has 0 fully saturated rings. The normalized spacial score (nSPS) is 9.95. The molecule has 2 rings (SSSR count). The van der Waals surface area contributed by atoms with E-state index in [1.165, 1.54) is 13.8 Å². The Morgan fingerprint density at radius 3 is 2.38 bits per heavy atom. The summed E-state index contributed by atoms with van der Waals surface area (Å²) in [5.41, 5.74) is 1.88. The number of allylic oxidation sites excluding steroid dienone is 2. The van der Waals surface area contributed by atoms with Crippen LogP contribution in [0, 0.1) is 6.07 Å². The van der Waals surface area contributed by atoms with Crippen molar-refractivity contribution in [1.29, 1.82) is 0 Å². The molecule has 0 bridgehead atoms. The van der Waals surface area contributed by atoms with Crippen LogP contribution >= 0.6 is 11.6 Å². The van der Waals surface area contributed by atoms with Gasteiger partial charge in [-0.2, -0.15) is 0 Å². The minimum atomic E-state index is -0.187. The fourth-order valence-corrected chi connectivity index (χ4v) is 1.49. The molecule has 112 valence electrons. The van der Waals surface area contributed by atoms with Crippen LogP contribution in [0.5, 0.6) is 0 Å². The summed E-state index contributed by atoms with van der Waals surface area (Å²) in [6.07, 6.45) is 2.82. The van der Waals surface area contributed by atoms with Gasteiger partial charge in [0.05, 0.1) is 0 Å². The van der Waals surface area contributed by atoms with E-state index >= 15 is 0 Å². The number of hydrogen-bond acceptors (Lipinski definition) is 3. The second-order valence-electron chi connectivity index (χ2n) is 4.00. The van der Waals surface area contributed by atoms with E-state index in [1.807, 2.05) is 30.3 Å². The molecule has 0 amide bonds. The summed E-state index contributed by atoms with van der Waals surface area (Å²) in [7, 11) is 0. The molecule has 0 unspecified atom stereocenters. The fourth-order valence-electron chi connectivity index (χ4n) is 1.37. The Bertz CT molecular complexity index is 579. The van der Waals surface area contributed by atoms with Crippen molar-refractivity contribution in [3.63, 3.8) is 0 Å². The van der Waals surface area contributed by atoms with E-state index in [-0.39, 0.29) is 32.6 Å². The SMILES string of the molecule is CC(=O)/C=C(/C)[O-].Clc1c[c-]c(-c2ccccn2)cc1.[Pt+2]. The summed E-state index contributed by atoms with van der Waals surface area (Å²) in [6.45, 7) is 2.70. The Balaban J connectivity index is 0.000000436. The molecule has 5 heteroatoms. The molecule has 0 saturated carbocycles. The molecule has 1 heterocycles. The van der Waals surface area contributed by atoms with Gasteiger partial charge in [-0.05, 0) is 29.8 Å². The molecule has 1 aromatic carbocycles. The van der Waals surface area contributed by atoms with E-state index in [1.54, 1.807) is 12.3 Å². The van der Waals surface area contributed by atoms with Gasteiger partial charge >= 0.3 is 21.1 Å². The summed E-state index contributed by atoms with van der Waals surface area (Å²) in [6, 6.07) is 14.3. The van der Waals surface area contributed by atoms with Crippen LogP contribution in [0.3, 0.4) is 0 Å². The molecule has 0 spiro atoms. The molecule has 0 aliphatic heterocycles. The summed E-state index contributed by atoms with van der Waals surface area (Å²) < 4.78 is 0. The van der Waals surface area contributed by atoms with E-state index in [2.05, 4.69) is 11.1 Å². The van der Waals surface area contributed by atoms with Crippen LogP contribution in [0.2, 0.25) is 5.02 Å². The first-order valence-corrected chi connectivity index (χ1v) is 6.31. The first-order valence-electron chi connectivity index (χ1n) is 5.93. The van der Waals surface area contributed by atoms with Crippen molar-refractivity contribution in [3.8, 4) is 11.3 Å². The van der Waals surface area contributed by atoms with Crippen molar-refractivity contribution in [2.24, 2.45) is 0 Å². The average molecular weight is 483 g/mol. The number of nitrogens with zero attached hydrogens (tertiary/aromatic N) is 1. The van der Waals surface area contributed by atoms with Crippen LogP contribution in [0.4, 0.5) is 0 Å². The minimum absolute atomic E-state index is 0. The zero-order valence-electron chi connectivity index (χ0n) is 11.6. The van der Waals surface area contributed by atoms with Gasteiger partial charge in [0, 0.05) is 6.20 Å². The molecule has 0 saturated heterocycles. The smallest absolute Gasteiger partial charge is 0.876 e. The Labute approximate surface area is 143 Å². The Morgan fingerprint density at radius 2 is 2.00 bits per heavy atom. The molecule has 0 N–H and O–H groups in total. The maximum absolute atomic E-state index is 9.98. The van der Waals surface area contributed by atoms with E-state index in [0.29, 0.717) is 5.02 Å². The number of rotatable bonds is 2. The largest absolute Gasteiger partial charge is 2.00 e. The Morgan fingerprint density at radius 1 is 1.29 bits per heavy atom. The zero-order chi connectivity index (χ0) is 15.0. The Kier molecular flexibility index (Phi) is 9.60. The molecule has 1 aromatic heterocycles. The van der Waals surface area contributed by atoms with Gasteiger partial charge in [0.25, 0.3) is 0 Å². The number of ketones is 1. The number of benzene rings is 1. The third kappa shape index (κ3) is 8.44. The van der Waals surface area contributed by atoms with E-state index in [4.69, 9.17) is 11.6 Å². The van der Waals surface area contributed by atoms with E-state index in [9.17, 15) is 9.90 Å². The average Bonchev–Trinajstić information content (AvgIpc) is 2.40. The van der Waals surface area contributed by atoms with Gasteiger partial charge in [-0.25, -0.2) is 0 Å². The molecular formula is C16H14ClNO2Pt. The molecular weight excluding hydrogens is 469 g/mol. The first kappa shape index (κ1) is 19.6. The second-order valence-corrected chi connectivity index (χ2v) is 4.44. The van der Waals surface area contributed by atoms with E-state index < -0.39 is 0 Å². The number of carbonyl (C=O) groups excluding carboxylic acids is 1. The van der Waals surface area contributed by atoms with Gasteiger partial charge in [0.1, 0.15) is 0 Å². The molecule has 21 heavy (non-hydrogen) atoms. The van der Waals surface area contributed by atoms with E-state index in [0.717, 1.165) is 17.3 Å². The zero-order valence-corrected chi connectivity index (χ0v) is 14.6. The van der Waals surface area contributed by atoms with Gasteiger partial charge in [-0.1, -0.05) is 19.1 Å².